The maximum Gasteiger partial charge on any atom is 0.387 e. The zero-order valence-corrected chi connectivity index (χ0v) is 12.3. The average Bonchev–Trinajstić information content (AvgIpc) is 2.37. The molecule has 20 heavy (non-hydrogen) atoms. The van der Waals surface area contributed by atoms with Crippen LogP contribution in [0.5, 0.6) is 5.75 Å². The molecule has 0 aliphatic carbocycles. The molecule has 0 spiro atoms. The molecule has 110 valence electrons. The van der Waals surface area contributed by atoms with Crippen LogP contribution in [0.4, 0.5) is 8.78 Å². The van der Waals surface area contributed by atoms with E-state index in [2.05, 4.69) is 20.7 Å². The van der Waals surface area contributed by atoms with Gasteiger partial charge in [-0.15, -0.1) is 0 Å². The minimum atomic E-state index is -3.01. The Labute approximate surface area is 123 Å². The third-order valence-electron chi connectivity index (χ3n) is 2.25. The highest BCUT2D eigenvalue weighted by Gasteiger charge is 2.14. The molecule has 1 rings (SSSR count). The number of Topliss-reactive ketones (excluding diaryl/α,β-unsaturated/α-hetero) is 1. The van der Waals surface area contributed by atoms with Gasteiger partial charge in [-0.05, 0) is 30.7 Å². The number of carbonyl (C=O) groups is 2. The number of ether oxygens (including phenoxy) is 2. The van der Waals surface area contributed by atoms with Crippen LogP contribution >= 0.6 is 15.9 Å². The summed E-state index contributed by atoms with van der Waals surface area (Å²) in [4.78, 5) is 23.0. The Bertz CT molecular complexity index is 491. The van der Waals surface area contributed by atoms with E-state index in [1.54, 1.807) is 6.92 Å². The molecule has 0 aliphatic heterocycles. The third-order valence-corrected chi connectivity index (χ3v) is 2.88. The summed E-state index contributed by atoms with van der Waals surface area (Å²) >= 11 is 3.01. The fourth-order valence-corrected chi connectivity index (χ4v) is 1.74. The van der Waals surface area contributed by atoms with Crippen LogP contribution in [0.2, 0.25) is 0 Å². The summed E-state index contributed by atoms with van der Waals surface area (Å²) in [5.41, 5.74) is 0.484. The number of hydrogen-bond acceptors (Lipinski definition) is 4. The normalized spacial score (nSPS) is 10.4. The van der Waals surface area contributed by atoms with Crippen molar-refractivity contribution in [3.63, 3.8) is 0 Å². The van der Waals surface area contributed by atoms with Gasteiger partial charge in [0.2, 0.25) is 0 Å². The van der Waals surface area contributed by atoms with Crippen molar-refractivity contribution in [1.82, 2.24) is 0 Å². The molecule has 0 bridgehead atoms. The molecular formula is C13H13BrF2O4. The first-order valence-electron chi connectivity index (χ1n) is 5.79. The van der Waals surface area contributed by atoms with Crippen LogP contribution in [0.25, 0.3) is 0 Å². The van der Waals surface area contributed by atoms with Crippen molar-refractivity contribution in [2.24, 2.45) is 0 Å². The van der Waals surface area contributed by atoms with Gasteiger partial charge < -0.3 is 9.47 Å². The van der Waals surface area contributed by atoms with Crippen LogP contribution in [0.3, 0.4) is 0 Å². The zero-order valence-electron chi connectivity index (χ0n) is 10.7. The fourth-order valence-electron chi connectivity index (χ4n) is 1.54. The van der Waals surface area contributed by atoms with E-state index in [-0.39, 0.29) is 35.5 Å². The van der Waals surface area contributed by atoms with Gasteiger partial charge in [-0.25, -0.2) is 4.79 Å². The molecule has 0 N–H and O–H groups in total. The summed E-state index contributed by atoms with van der Waals surface area (Å²) in [6.07, 6.45) is 0.0120. The molecule has 0 saturated heterocycles. The van der Waals surface area contributed by atoms with E-state index in [9.17, 15) is 18.4 Å². The van der Waals surface area contributed by atoms with Crippen LogP contribution in [0.1, 0.15) is 22.8 Å². The number of alkyl halides is 3. The van der Waals surface area contributed by atoms with Gasteiger partial charge in [-0.1, -0.05) is 15.9 Å². The Morgan fingerprint density at radius 3 is 2.55 bits per heavy atom. The predicted octanol–water partition coefficient (Wildman–Crippen LogP) is 2.97. The number of ketones is 1. The SMILES string of the molecule is CCOC(=O)c1cc(CC(=O)CBr)cc(OC(F)F)c1. The van der Waals surface area contributed by atoms with E-state index in [0.29, 0.717) is 5.56 Å². The topological polar surface area (TPSA) is 52.6 Å². The molecule has 0 aliphatic rings. The lowest BCUT2D eigenvalue weighted by atomic mass is 10.1. The lowest BCUT2D eigenvalue weighted by Gasteiger charge is -2.10. The van der Waals surface area contributed by atoms with Crippen molar-refractivity contribution in [2.75, 3.05) is 11.9 Å². The summed E-state index contributed by atoms with van der Waals surface area (Å²) in [6, 6.07) is 3.89. The molecular weight excluding hydrogens is 338 g/mol. The summed E-state index contributed by atoms with van der Waals surface area (Å²) in [5.74, 6) is -0.975. The van der Waals surface area contributed by atoms with Crippen LogP contribution < -0.4 is 4.74 Å². The maximum atomic E-state index is 12.2. The van der Waals surface area contributed by atoms with Gasteiger partial charge in [-0.3, -0.25) is 4.79 Å². The number of benzene rings is 1. The number of esters is 1. The lowest BCUT2D eigenvalue weighted by molar-refractivity contribution is -0.115. The van der Waals surface area contributed by atoms with E-state index in [1.807, 2.05) is 0 Å². The van der Waals surface area contributed by atoms with Crippen molar-refractivity contribution < 1.29 is 27.8 Å². The molecule has 0 saturated carbocycles. The Morgan fingerprint density at radius 2 is 2.00 bits per heavy atom. The minimum absolute atomic E-state index is 0.0120. The summed E-state index contributed by atoms with van der Waals surface area (Å²) < 4.78 is 33.6. The second-order valence-electron chi connectivity index (χ2n) is 3.81. The molecule has 0 radical (unpaired) electrons. The number of carbonyl (C=O) groups excluding carboxylic acids is 2. The van der Waals surface area contributed by atoms with Crippen molar-refractivity contribution in [3.05, 3.63) is 29.3 Å². The van der Waals surface area contributed by atoms with Gasteiger partial charge in [0, 0.05) is 6.42 Å². The zero-order chi connectivity index (χ0) is 15.1. The van der Waals surface area contributed by atoms with E-state index in [0.717, 1.165) is 6.07 Å². The summed E-state index contributed by atoms with van der Waals surface area (Å²) in [6.45, 7) is -1.21. The molecule has 0 atom stereocenters. The first-order chi connectivity index (χ1) is 9.46. The van der Waals surface area contributed by atoms with Gasteiger partial charge >= 0.3 is 12.6 Å². The van der Waals surface area contributed by atoms with Crippen LogP contribution in [0, 0.1) is 0 Å². The van der Waals surface area contributed by atoms with Gasteiger partial charge in [0.1, 0.15) is 11.5 Å². The van der Waals surface area contributed by atoms with Crippen LogP contribution in [-0.2, 0) is 16.0 Å². The van der Waals surface area contributed by atoms with E-state index in [1.165, 1.54) is 12.1 Å². The molecule has 0 heterocycles. The number of halogens is 3. The molecule has 0 unspecified atom stereocenters. The highest BCUT2D eigenvalue weighted by Crippen LogP contribution is 2.21. The molecule has 1 aromatic carbocycles. The van der Waals surface area contributed by atoms with Crippen LogP contribution in [0.15, 0.2) is 18.2 Å². The largest absolute Gasteiger partial charge is 0.462 e. The number of hydrogen-bond donors (Lipinski definition) is 0. The third kappa shape index (κ3) is 5.24. The quantitative estimate of drug-likeness (QED) is 0.560. The van der Waals surface area contributed by atoms with Gasteiger partial charge in [0.25, 0.3) is 0 Å². The van der Waals surface area contributed by atoms with Crippen molar-refractivity contribution in [1.29, 1.82) is 0 Å². The molecule has 0 aromatic heterocycles. The van der Waals surface area contributed by atoms with Crippen molar-refractivity contribution in [3.8, 4) is 5.75 Å². The molecule has 4 nitrogen and oxygen atoms in total. The monoisotopic (exact) mass is 350 g/mol. The standard InChI is InChI=1S/C13H13BrF2O4/c1-2-19-12(18)9-3-8(4-10(17)7-14)5-11(6-9)20-13(15)16/h3,5-6,13H,2,4,7H2,1H3. The predicted molar refractivity (Wildman–Crippen MR) is 71.5 cm³/mol. The maximum absolute atomic E-state index is 12.2. The Kier molecular flexibility index (Phi) is 6.57. The van der Waals surface area contributed by atoms with Crippen LogP contribution in [-0.4, -0.2) is 30.3 Å². The molecule has 7 heteroatoms. The summed E-state index contributed by atoms with van der Waals surface area (Å²) in [5, 5.41) is 0.141. The second kappa shape index (κ2) is 7.94. The molecule has 0 amide bonds. The average molecular weight is 351 g/mol. The van der Waals surface area contributed by atoms with Gasteiger partial charge in [0.15, 0.2) is 0 Å². The smallest absolute Gasteiger partial charge is 0.387 e. The first kappa shape index (κ1) is 16.6. The molecule has 0 fully saturated rings. The Morgan fingerprint density at radius 1 is 1.30 bits per heavy atom. The van der Waals surface area contributed by atoms with Crippen molar-refractivity contribution in [2.45, 2.75) is 20.0 Å². The van der Waals surface area contributed by atoms with E-state index < -0.39 is 12.6 Å². The minimum Gasteiger partial charge on any atom is -0.462 e. The first-order valence-corrected chi connectivity index (χ1v) is 6.92. The molecule has 1 aromatic rings. The van der Waals surface area contributed by atoms with Gasteiger partial charge in [-0.2, -0.15) is 8.78 Å². The lowest BCUT2D eigenvalue weighted by Crippen LogP contribution is -2.10. The Hall–Kier alpha value is -1.50. The number of rotatable bonds is 7. The Balaban J connectivity index is 3.06. The summed E-state index contributed by atoms with van der Waals surface area (Å²) in [7, 11) is 0. The van der Waals surface area contributed by atoms with E-state index >= 15 is 0 Å². The van der Waals surface area contributed by atoms with E-state index in [4.69, 9.17) is 4.74 Å². The fraction of sp³-hybridized carbons (Fsp3) is 0.385. The van der Waals surface area contributed by atoms with Crippen molar-refractivity contribution >= 4 is 27.7 Å². The highest BCUT2D eigenvalue weighted by molar-refractivity contribution is 9.09. The second-order valence-corrected chi connectivity index (χ2v) is 4.37. The highest BCUT2D eigenvalue weighted by atomic mass is 79.9. The van der Waals surface area contributed by atoms with Gasteiger partial charge in [0.05, 0.1) is 17.5 Å².